The van der Waals surface area contributed by atoms with E-state index in [0.29, 0.717) is 23.6 Å². The van der Waals surface area contributed by atoms with E-state index >= 15 is 0 Å². The topological polar surface area (TPSA) is 118 Å². The Morgan fingerprint density at radius 1 is 1.15 bits per heavy atom. The quantitative estimate of drug-likeness (QED) is 0.462. The van der Waals surface area contributed by atoms with Gasteiger partial charge < -0.3 is 25.1 Å². The Labute approximate surface area is 190 Å². The maximum atomic E-state index is 10.9. The van der Waals surface area contributed by atoms with Crippen LogP contribution in [0.25, 0.3) is 21.9 Å². The van der Waals surface area contributed by atoms with E-state index in [0.717, 1.165) is 6.42 Å². The largest absolute Gasteiger partial charge is 0.387 e. The molecule has 1 aliphatic carbocycles. The minimum Gasteiger partial charge on any atom is -0.387 e. The minimum absolute atomic E-state index is 0.254. The van der Waals surface area contributed by atoms with E-state index in [2.05, 4.69) is 51.4 Å². The number of methoxy groups -OCH3 is 1. The van der Waals surface area contributed by atoms with Gasteiger partial charge in [-0.1, -0.05) is 36.4 Å². The van der Waals surface area contributed by atoms with Crippen molar-refractivity contribution < 1.29 is 19.3 Å². The zero-order valence-electron chi connectivity index (χ0n) is 18.2. The predicted octanol–water partition coefficient (Wildman–Crippen LogP) is 2.19. The Hall–Kier alpha value is -3.11. The normalized spacial score (nSPS) is 26.5. The zero-order valence-corrected chi connectivity index (χ0v) is 18.2. The van der Waals surface area contributed by atoms with Gasteiger partial charge in [-0.05, 0) is 28.3 Å². The fraction of sp³-hybridized carbons (Fsp3) is 0.375. The van der Waals surface area contributed by atoms with Crippen molar-refractivity contribution in [1.82, 2.24) is 19.5 Å². The van der Waals surface area contributed by atoms with Gasteiger partial charge in [-0.2, -0.15) is 0 Å². The number of aromatic nitrogens is 4. The van der Waals surface area contributed by atoms with Gasteiger partial charge in [0.2, 0.25) is 0 Å². The lowest BCUT2D eigenvalue weighted by Crippen LogP contribution is -2.35. The van der Waals surface area contributed by atoms with Gasteiger partial charge in [-0.15, -0.1) is 0 Å². The molecule has 1 saturated heterocycles. The molecular weight excluding hydrogens is 422 g/mol. The average Bonchev–Trinajstić information content (AvgIpc) is 3.50. The van der Waals surface area contributed by atoms with Crippen molar-refractivity contribution >= 4 is 27.8 Å². The van der Waals surface area contributed by atoms with Crippen molar-refractivity contribution in [3.63, 3.8) is 0 Å². The summed E-state index contributed by atoms with van der Waals surface area (Å²) in [4.78, 5) is 12.6. The minimum atomic E-state index is -0.860. The van der Waals surface area contributed by atoms with E-state index in [4.69, 9.17) is 19.9 Å². The molecule has 3 heterocycles. The van der Waals surface area contributed by atoms with Crippen LogP contribution in [0, 0.1) is 0 Å². The van der Waals surface area contributed by atoms with Gasteiger partial charge in [0.05, 0.1) is 19.5 Å². The highest BCUT2D eigenvalue weighted by atomic mass is 16.6. The number of nitrogens with two attached hydrogens (primary N) is 1. The summed E-state index contributed by atoms with van der Waals surface area (Å²) in [7, 11) is 1.55. The Balaban J connectivity index is 1.16. The molecule has 9 heteroatoms. The van der Waals surface area contributed by atoms with Gasteiger partial charge in [0.25, 0.3) is 0 Å². The number of ether oxygens (including phenoxy) is 3. The van der Waals surface area contributed by atoms with Crippen molar-refractivity contribution in [1.29, 1.82) is 0 Å². The molecule has 4 aromatic rings. The van der Waals surface area contributed by atoms with Gasteiger partial charge in [0.15, 0.2) is 17.7 Å². The number of nitrogen functional groups attached to an aromatic ring is 1. The summed E-state index contributed by atoms with van der Waals surface area (Å²) in [5.74, 6) is 0.578. The number of rotatable bonds is 6. The monoisotopic (exact) mass is 447 g/mol. The van der Waals surface area contributed by atoms with E-state index in [1.54, 1.807) is 18.0 Å². The van der Waals surface area contributed by atoms with Crippen molar-refractivity contribution in [3.05, 3.63) is 60.2 Å². The first-order valence-electron chi connectivity index (χ1n) is 11.0. The molecule has 3 N–H and O–H groups in total. The number of hydrogen-bond acceptors (Lipinski definition) is 8. The zero-order chi connectivity index (χ0) is 22.5. The molecule has 1 fully saturated rings. The smallest absolute Gasteiger partial charge is 0.167 e. The van der Waals surface area contributed by atoms with E-state index in [1.165, 1.54) is 28.2 Å². The van der Waals surface area contributed by atoms with E-state index < -0.39 is 24.5 Å². The van der Waals surface area contributed by atoms with Crippen LogP contribution in [0.2, 0.25) is 0 Å². The number of hydrogen-bond donors (Lipinski definition) is 2. The third-order valence-electron chi connectivity index (χ3n) is 6.78. The van der Waals surface area contributed by atoms with Crippen molar-refractivity contribution in [3.8, 4) is 0 Å². The van der Waals surface area contributed by atoms with Crippen LogP contribution in [-0.2, 0) is 20.6 Å². The van der Waals surface area contributed by atoms with Gasteiger partial charge in [0.1, 0.15) is 30.2 Å². The second-order valence-electron chi connectivity index (χ2n) is 8.64. The number of nitrogens with zero attached hydrogens (tertiary/aromatic N) is 4. The van der Waals surface area contributed by atoms with Gasteiger partial charge >= 0.3 is 0 Å². The molecule has 1 aliphatic heterocycles. The predicted molar refractivity (Wildman–Crippen MR) is 122 cm³/mol. The van der Waals surface area contributed by atoms with Crippen LogP contribution in [0.5, 0.6) is 0 Å². The third-order valence-corrected chi connectivity index (χ3v) is 6.78. The average molecular weight is 447 g/mol. The third kappa shape index (κ3) is 3.27. The summed E-state index contributed by atoms with van der Waals surface area (Å²) in [6.07, 6.45) is 1.30. The highest BCUT2D eigenvalue weighted by molar-refractivity contribution is 5.91. The van der Waals surface area contributed by atoms with E-state index in [-0.39, 0.29) is 12.5 Å². The molecule has 2 aliphatic rings. The number of benzene rings is 2. The maximum absolute atomic E-state index is 10.9. The van der Waals surface area contributed by atoms with Crippen LogP contribution in [0.1, 0.15) is 23.3 Å². The Kier molecular flexibility index (Phi) is 4.99. The molecule has 0 bridgehead atoms. The highest BCUT2D eigenvalue weighted by Gasteiger charge is 2.46. The molecule has 170 valence electrons. The molecule has 0 amide bonds. The van der Waals surface area contributed by atoms with Crippen LogP contribution in [0.3, 0.4) is 0 Å². The second kappa shape index (κ2) is 8.03. The molecular formula is C24H25N5O4. The van der Waals surface area contributed by atoms with E-state index in [1.807, 2.05) is 0 Å². The summed E-state index contributed by atoms with van der Waals surface area (Å²) in [6, 6.07) is 12.9. The van der Waals surface area contributed by atoms with Gasteiger partial charge in [-0.3, -0.25) is 4.57 Å². The molecule has 1 unspecified atom stereocenters. The second-order valence-corrected chi connectivity index (χ2v) is 8.64. The maximum Gasteiger partial charge on any atom is 0.167 e. The SMILES string of the molecule is CO[C@@H]1[C@H](O)[C@@H](COCC2Cc3cccc4cccc2c34)O[C@H]1n1cnc2c(N)ncnc21. The molecule has 33 heavy (non-hydrogen) atoms. The molecule has 6 rings (SSSR count). The standard InChI is InChI=1S/C24H25N5O4/c1-31-21-20(30)17(33-24(21)29-12-28-19-22(25)26-11-27-23(19)29)10-32-9-15-8-14-6-2-4-13-5-3-7-16(15)18(13)14/h2-7,11-12,15,17,20-21,24,30H,8-10H2,1H3,(H2,25,26,27)/t15?,17-,20-,21-,24-/m1/s1. The summed E-state index contributed by atoms with van der Waals surface area (Å²) < 4.78 is 19.6. The van der Waals surface area contributed by atoms with Gasteiger partial charge in [-0.25, -0.2) is 15.0 Å². The Bertz CT molecular complexity index is 1320. The Morgan fingerprint density at radius 2 is 2.00 bits per heavy atom. The Morgan fingerprint density at radius 3 is 2.85 bits per heavy atom. The number of aliphatic hydroxyl groups excluding tert-OH is 1. The fourth-order valence-corrected chi connectivity index (χ4v) is 5.20. The number of aliphatic hydroxyl groups is 1. The lowest BCUT2D eigenvalue weighted by atomic mass is 10.0. The first-order chi connectivity index (χ1) is 16.2. The van der Waals surface area contributed by atoms with Crippen LogP contribution in [0.4, 0.5) is 5.82 Å². The number of imidazole rings is 1. The molecule has 2 aromatic heterocycles. The van der Waals surface area contributed by atoms with Crippen LogP contribution < -0.4 is 5.73 Å². The fourth-order valence-electron chi connectivity index (χ4n) is 5.20. The molecule has 0 radical (unpaired) electrons. The van der Waals surface area contributed by atoms with Crippen molar-refractivity contribution in [2.24, 2.45) is 0 Å². The summed E-state index contributed by atoms with van der Waals surface area (Å²) in [6.45, 7) is 0.810. The lowest BCUT2D eigenvalue weighted by Gasteiger charge is -2.19. The summed E-state index contributed by atoms with van der Waals surface area (Å²) in [5, 5.41) is 13.5. The summed E-state index contributed by atoms with van der Waals surface area (Å²) in [5.41, 5.74) is 9.61. The van der Waals surface area contributed by atoms with Crippen LogP contribution >= 0.6 is 0 Å². The highest BCUT2D eigenvalue weighted by Crippen LogP contribution is 2.39. The molecule has 9 nitrogen and oxygen atoms in total. The molecule has 0 spiro atoms. The first kappa shape index (κ1) is 20.5. The van der Waals surface area contributed by atoms with Crippen molar-refractivity contribution in [2.75, 3.05) is 26.1 Å². The first-order valence-corrected chi connectivity index (χ1v) is 11.0. The van der Waals surface area contributed by atoms with Crippen LogP contribution in [0.15, 0.2) is 49.1 Å². The number of fused-ring (bicyclic) bond motifs is 1. The molecule has 2 aromatic carbocycles. The summed E-state index contributed by atoms with van der Waals surface area (Å²) >= 11 is 0. The van der Waals surface area contributed by atoms with Crippen LogP contribution in [-0.4, -0.2) is 63.3 Å². The van der Waals surface area contributed by atoms with Crippen molar-refractivity contribution in [2.45, 2.75) is 36.9 Å². The molecule has 0 saturated carbocycles. The molecule has 5 atom stereocenters. The van der Waals surface area contributed by atoms with Gasteiger partial charge in [0, 0.05) is 13.0 Å². The lowest BCUT2D eigenvalue weighted by molar-refractivity contribution is -0.0698. The van der Waals surface area contributed by atoms with E-state index in [9.17, 15) is 5.11 Å². The number of anilines is 1.